The predicted octanol–water partition coefficient (Wildman–Crippen LogP) is 4.90. The molecular formula is C22H26N2O. The first-order valence-corrected chi connectivity index (χ1v) is 9.15. The maximum Gasteiger partial charge on any atom is 0.216 e. The molecule has 0 radical (unpaired) electrons. The minimum Gasteiger partial charge on any atom is -0.358 e. The van der Waals surface area contributed by atoms with Crippen LogP contribution in [0.25, 0.3) is 21.7 Å². The van der Waals surface area contributed by atoms with Crippen molar-refractivity contribution in [1.29, 1.82) is 0 Å². The molecular weight excluding hydrogens is 308 g/mol. The zero-order chi connectivity index (χ0) is 17.8. The number of aromatic nitrogens is 1. The van der Waals surface area contributed by atoms with E-state index < -0.39 is 0 Å². The van der Waals surface area contributed by atoms with Crippen LogP contribution in [0.2, 0.25) is 0 Å². The number of carbonyl (C=O) groups is 1. The van der Waals surface area contributed by atoms with E-state index in [1.54, 1.807) is 6.92 Å². The molecule has 3 heteroatoms. The minimum atomic E-state index is 0.0600. The molecule has 0 aliphatic heterocycles. The van der Waals surface area contributed by atoms with Crippen molar-refractivity contribution in [2.45, 2.75) is 40.0 Å². The van der Waals surface area contributed by atoms with E-state index in [2.05, 4.69) is 67.5 Å². The van der Waals surface area contributed by atoms with E-state index in [4.69, 9.17) is 0 Å². The van der Waals surface area contributed by atoms with E-state index in [0.29, 0.717) is 11.8 Å². The van der Waals surface area contributed by atoms with Gasteiger partial charge in [-0.2, -0.15) is 0 Å². The van der Waals surface area contributed by atoms with Gasteiger partial charge in [-0.25, -0.2) is 0 Å². The van der Waals surface area contributed by atoms with Crippen molar-refractivity contribution in [2.24, 2.45) is 11.3 Å². The van der Waals surface area contributed by atoms with Gasteiger partial charge in [-0.15, -0.1) is 0 Å². The summed E-state index contributed by atoms with van der Waals surface area (Å²) in [5.74, 6) is 1.23. The van der Waals surface area contributed by atoms with Crippen molar-refractivity contribution in [3.05, 3.63) is 47.7 Å². The Balaban J connectivity index is 1.73. The summed E-state index contributed by atoms with van der Waals surface area (Å²) in [6, 6.07) is 13.1. The number of aryl methyl sites for hydroxylation is 1. The summed E-state index contributed by atoms with van der Waals surface area (Å²) in [6.45, 7) is 9.27. The van der Waals surface area contributed by atoms with Crippen molar-refractivity contribution in [3.8, 4) is 0 Å². The first kappa shape index (κ1) is 16.2. The Morgan fingerprint density at radius 1 is 1.16 bits per heavy atom. The van der Waals surface area contributed by atoms with Crippen LogP contribution in [0.3, 0.4) is 0 Å². The lowest BCUT2D eigenvalue weighted by atomic mass is 9.98. The Labute approximate surface area is 148 Å². The molecule has 1 saturated carbocycles. The molecule has 2 aromatic carbocycles. The Kier molecular flexibility index (Phi) is 3.64. The number of benzene rings is 2. The van der Waals surface area contributed by atoms with E-state index >= 15 is 0 Å². The third-order valence-corrected chi connectivity index (χ3v) is 6.13. The maximum absolute atomic E-state index is 11.2. The lowest BCUT2D eigenvalue weighted by Gasteiger charge is -2.04. The summed E-state index contributed by atoms with van der Waals surface area (Å²) in [4.78, 5) is 14.8. The van der Waals surface area contributed by atoms with Gasteiger partial charge < -0.3 is 10.3 Å². The Morgan fingerprint density at radius 2 is 1.92 bits per heavy atom. The lowest BCUT2D eigenvalue weighted by molar-refractivity contribution is -0.118. The third kappa shape index (κ3) is 2.53. The van der Waals surface area contributed by atoms with Crippen LogP contribution in [-0.2, 0) is 4.79 Å². The largest absolute Gasteiger partial charge is 0.358 e. The first-order valence-electron chi connectivity index (χ1n) is 9.15. The van der Waals surface area contributed by atoms with Crippen molar-refractivity contribution in [3.63, 3.8) is 0 Å². The summed E-state index contributed by atoms with van der Waals surface area (Å²) in [5.41, 5.74) is 4.29. The highest BCUT2D eigenvalue weighted by molar-refractivity contribution is 6.07. The molecule has 1 fully saturated rings. The molecule has 1 amide bonds. The zero-order valence-electron chi connectivity index (χ0n) is 15.4. The minimum absolute atomic E-state index is 0.0600. The van der Waals surface area contributed by atoms with Crippen molar-refractivity contribution in [2.75, 3.05) is 6.54 Å². The normalized spacial score (nSPS) is 21.6. The van der Waals surface area contributed by atoms with Gasteiger partial charge >= 0.3 is 0 Å². The molecule has 1 aliphatic rings. The number of hydrogen-bond acceptors (Lipinski definition) is 1. The Hall–Kier alpha value is -2.29. The van der Waals surface area contributed by atoms with Crippen LogP contribution in [0.5, 0.6) is 0 Å². The second-order valence-electron chi connectivity index (χ2n) is 8.05. The van der Waals surface area contributed by atoms with Gasteiger partial charge in [0.2, 0.25) is 5.91 Å². The fourth-order valence-electron chi connectivity index (χ4n) is 4.75. The van der Waals surface area contributed by atoms with Gasteiger partial charge in [0.25, 0.3) is 0 Å². The highest BCUT2D eigenvalue weighted by Gasteiger charge is 2.58. The smallest absolute Gasteiger partial charge is 0.216 e. The van der Waals surface area contributed by atoms with Crippen LogP contribution in [0.4, 0.5) is 0 Å². The number of H-pyrrole nitrogens is 1. The number of carbonyl (C=O) groups excluding carboxylic acids is 1. The van der Waals surface area contributed by atoms with E-state index in [-0.39, 0.29) is 11.3 Å². The molecule has 3 nitrogen and oxygen atoms in total. The molecule has 0 bridgehead atoms. The molecule has 4 rings (SSSR count). The second-order valence-corrected chi connectivity index (χ2v) is 8.05. The van der Waals surface area contributed by atoms with Crippen LogP contribution in [0, 0.1) is 18.3 Å². The van der Waals surface area contributed by atoms with Crippen LogP contribution in [0.15, 0.2) is 36.4 Å². The molecule has 1 aromatic heterocycles. The number of hydrogen-bond donors (Lipinski definition) is 2. The lowest BCUT2D eigenvalue weighted by Crippen LogP contribution is -2.21. The molecule has 0 spiro atoms. The van der Waals surface area contributed by atoms with Crippen molar-refractivity contribution >= 4 is 27.6 Å². The molecule has 1 heterocycles. The van der Waals surface area contributed by atoms with Gasteiger partial charge in [0.05, 0.1) is 5.52 Å². The van der Waals surface area contributed by atoms with Crippen LogP contribution < -0.4 is 5.32 Å². The zero-order valence-corrected chi connectivity index (χ0v) is 15.4. The summed E-state index contributed by atoms with van der Waals surface area (Å²) in [7, 11) is 0. The number of nitrogens with one attached hydrogen (secondary N) is 2. The number of fused-ring (bicyclic) bond motifs is 3. The Bertz CT molecular complexity index is 967. The van der Waals surface area contributed by atoms with Gasteiger partial charge in [-0.1, -0.05) is 50.2 Å². The average molecular weight is 334 g/mol. The molecule has 25 heavy (non-hydrogen) atoms. The molecule has 0 saturated heterocycles. The van der Waals surface area contributed by atoms with Gasteiger partial charge in [0, 0.05) is 29.9 Å². The molecule has 3 aromatic rings. The van der Waals surface area contributed by atoms with Gasteiger partial charge in [-0.05, 0) is 41.5 Å². The van der Waals surface area contributed by atoms with Crippen LogP contribution in [-0.4, -0.2) is 17.4 Å². The number of aromatic amines is 1. The summed E-state index contributed by atoms with van der Waals surface area (Å²) < 4.78 is 0. The Morgan fingerprint density at radius 3 is 2.68 bits per heavy atom. The third-order valence-electron chi connectivity index (χ3n) is 6.13. The van der Waals surface area contributed by atoms with Crippen LogP contribution >= 0.6 is 0 Å². The quantitative estimate of drug-likeness (QED) is 0.700. The molecule has 2 atom stereocenters. The second kappa shape index (κ2) is 5.62. The molecule has 0 unspecified atom stereocenters. The molecule has 2 N–H and O–H groups in total. The fraction of sp³-hybridized carbons (Fsp3) is 0.409. The van der Waals surface area contributed by atoms with Gasteiger partial charge in [0.15, 0.2) is 0 Å². The van der Waals surface area contributed by atoms with Crippen molar-refractivity contribution in [1.82, 2.24) is 10.3 Å². The van der Waals surface area contributed by atoms with E-state index in [9.17, 15) is 4.79 Å². The first-order chi connectivity index (χ1) is 11.9. The fourth-order valence-corrected chi connectivity index (χ4v) is 4.75. The summed E-state index contributed by atoms with van der Waals surface area (Å²) >= 11 is 0. The van der Waals surface area contributed by atoms with E-state index in [0.717, 1.165) is 13.0 Å². The monoisotopic (exact) mass is 334 g/mol. The molecule has 1 aliphatic carbocycles. The van der Waals surface area contributed by atoms with Crippen molar-refractivity contribution < 1.29 is 4.79 Å². The van der Waals surface area contributed by atoms with Gasteiger partial charge in [-0.3, -0.25) is 4.79 Å². The van der Waals surface area contributed by atoms with E-state index in [1.165, 1.54) is 32.9 Å². The topological polar surface area (TPSA) is 44.9 Å². The standard InChI is InChI=1S/C22H26N2O/c1-13-19(20-18(22(20,3)4)11-12-23-14(2)25)17-10-9-15-7-5-6-8-16(15)21(17)24-13/h5-10,18,20,24H,11-12H2,1-4H3,(H,23,25)/t18-,20-/m1/s1. The van der Waals surface area contributed by atoms with Gasteiger partial charge in [0.1, 0.15) is 0 Å². The molecule has 130 valence electrons. The van der Waals surface area contributed by atoms with E-state index in [1.807, 2.05) is 0 Å². The highest BCUT2D eigenvalue weighted by Crippen LogP contribution is 2.67. The maximum atomic E-state index is 11.2. The number of amides is 1. The summed E-state index contributed by atoms with van der Waals surface area (Å²) in [6.07, 6.45) is 1.04. The van der Waals surface area contributed by atoms with Crippen LogP contribution in [0.1, 0.15) is 44.4 Å². The number of rotatable bonds is 4. The average Bonchev–Trinajstić information content (AvgIpc) is 2.93. The highest BCUT2D eigenvalue weighted by atomic mass is 16.1. The summed E-state index contributed by atoms with van der Waals surface area (Å²) in [5, 5.41) is 6.88. The predicted molar refractivity (Wildman–Crippen MR) is 104 cm³/mol. The SMILES string of the molecule is CC(=O)NCC[C@@H]1[C@H](c2c(C)[nH]c3c2ccc2ccccc23)C1(C)C.